The van der Waals surface area contributed by atoms with Gasteiger partial charge >= 0.3 is 0 Å². The second-order valence-electron chi connectivity index (χ2n) is 5.81. The third-order valence-electron chi connectivity index (χ3n) is 4.42. The monoisotopic (exact) mass is 299 g/mol. The predicted molar refractivity (Wildman–Crippen MR) is 84.8 cm³/mol. The van der Waals surface area contributed by atoms with E-state index in [2.05, 4.69) is 34.2 Å². The molecule has 22 heavy (non-hydrogen) atoms. The minimum absolute atomic E-state index is 0.0572. The summed E-state index contributed by atoms with van der Waals surface area (Å²) < 4.78 is 0. The Kier molecular flexibility index (Phi) is 4.24. The zero-order chi connectivity index (χ0) is 15.5. The number of carbonyl (C=O) groups excluding carboxylic acids is 2. The number of likely N-dealkylation sites (tertiary alicyclic amines) is 1. The number of hydrogen-bond acceptors (Lipinski definition) is 4. The van der Waals surface area contributed by atoms with Gasteiger partial charge in [-0.05, 0) is 17.8 Å². The molecule has 0 spiro atoms. The van der Waals surface area contributed by atoms with Gasteiger partial charge in [0, 0.05) is 33.2 Å². The number of nitrogens with zero attached hydrogens (tertiary/aromatic N) is 3. The van der Waals surface area contributed by atoms with Gasteiger partial charge in [0.15, 0.2) is 0 Å². The van der Waals surface area contributed by atoms with Gasteiger partial charge in [0.1, 0.15) is 0 Å². The van der Waals surface area contributed by atoms with Gasteiger partial charge in [-0.15, -0.1) is 0 Å². The van der Waals surface area contributed by atoms with E-state index >= 15 is 0 Å². The Bertz CT molecular complexity index is 577. The van der Waals surface area contributed by atoms with Gasteiger partial charge < -0.3 is 4.90 Å². The molecule has 2 aliphatic rings. The number of carbonyl (C=O) groups is 2. The molecular weight excluding hydrogens is 278 g/mol. The summed E-state index contributed by atoms with van der Waals surface area (Å²) in [5.74, 6) is -0.125. The van der Waals surface area contributed by atoms with Crippen LogP contribution in [0.15, 0.2) is 36.5 Å². The number of piperazine rings is 1. The van der Waals surface area contributed by atoms with E-state index in [1.807, 2.05) is 18.2 Å². The Morgan fingerprint density at radius 3 is 2.32 bits per heavy atom. The van der Waals surface area contributed by atoms with Crippen LogP contribution >= 0.6 is 0 Å². The number of hydrogen-bond donors (Lipinski definition) is 0. The van der Waals surface area contributed by atoms with Gasteiger partial charge in [0.05, 0.1) is 12.5 Å². The molecule has 5 nitrogen and oxygen atoms in total. The van der Waals surface area contributed by atoms with Crippen molar-refractivity contribution >= 4 is 17.9 Å². The number of benzene rings is 1. The summed E-state index contributed by atoms with van der Waals surface area (Å²) in [5.41, 5.74) is 1.18. The molecule has 0 N–H and O–H groups in total. The van der Waals surface area contributed by atoms with Crippen LogP contribution in [0.2, 0.25) is 0 Å². The molecule has 1 unspecified atom stereocenters. The van der Waals surface area contributed by atoms with E-state index in [9.17, 15) is 9.59 Å². The maximum atomic E-state index is 12.0. The van der Waals surface area contributed by atoms with Gasteiger partial charge in [0.2, 0.25) is 11.8 Å². The second-order valence-corrected chi connectivity index (χ2v) is 5.81. The van der Waals surface area contributed by atoms with E-state index in [1.54, 1.807) is 7.05 Å². The fourth-order valence-corrected chi connectivity index (χ4v) is 2.98. The predicted octanol–water partition coefficient (Wildman–Crippen LogP) is 1.03. The number of rotatable bonds is 3. The van der Waals surface area contributed by atoms with E-state index in [0.717, 1.165) is 26.2 Å². The molecule has 0 saturated carbocycles. The molecule has 2 aliphatic heterocycles. The topological polar surface area (TPSA) is 43.9 Å². The molecular formula is C17H21N3O2. The molecule has 0 bridgehead atoms. The van der Waals surface area contributed by atoms with Crippen LogP contribution < -0.4 is 0 Å². The first-order valence-electron chi connectivity index (χ1n) is 7.67. The van der Waals surface area contributed by atoms with Crippen LogP contribution in [0.4, 0.5) is 0 Å². The van der Waals surface area contributed by atoms with Crippen molar-refractivity contribution in [2.45, 2.75) is 12.5 Å². The molecule has 116 valence electrons. The first-order valence-corrected chi connectivity index (χ1v) is 7.67. The quantitative estimate of drug-likeness (QED) is 0.782. The summed E-state index contributed by atoms with van der Waals surface area (Å²) in [6.07, 6.45) is 4.54. The third kappa shape index (κ3) is 3.04. The van der Waals surface area contributed by atoms with Crippen molar-refractivity contribution in [2.24, 2.45) is 0 Å². The van der Waals surface area contributed by atoms with E-state index in [-0.39, 0.29) is 17.9 Å². The van der Waals surface area contributed by atoms with Crippen LogP contribution in [0.1, 0.15) is 12.0 Å². The first kappa shape index (κ1) is 14.8. The highest BCUT2D eigenvalue weighted by atomic mass is 16.2. The van der Waals surface area contributed by atoms with Crippen molar-refractivity contribution in [1.82, 2.24) is 14.7 Å². The third-order valence-corrected chi connectivity index (χ3v) is 4.42. The average molecular weight is 299 g/mol. The Hall–Kier alpha value is -2.14. The van der Waals surface area contributed by atoms with Crippen LogP contribution in [0.25, 0.3) is 6.08 Å². The van der Waals surface area contributed by atoms with Crippen LogP contribution in [0.5, 0.6) is 0 Å². The second kappa shape index (κ2) is 6.32. The number of likely N-dealkylation sites (N-methyl/N-ethyl adjacent to an activating group) is 1. The maximum absolute atomic E-state index is 12.0. The molecule has 5 heteroatoms. The molecule has 1 aromatic rings. The Labute approximate surface area is 130 Å². The molecule has 0 radical (unpaired) electrons. The number of imide groups is 1. The van der Waals surface area contributed by atoms with Crippen molar-refractivity contribution in [3.63, 3.8) is 0 Å². The van der Waals surface area contributed by atoms with Gasteiger partial charge in [-0.1, -0.05) is 30.3 Å². The summed E-state index contributed by atoms with van der Waals surface area (Å²) in [4.78, 5) is 29.3. The molecule has 0 aromatic heterocycles. The largest absolute Gasteiger partial charge is 0.375 e. The highest BCUT2D eigenvalue weighted by Gasteiger charge is 2.40. The molecule has 1 aromatic carbocycles. The zero-order valence-corrected chi connectivity index (χ0v) is 12.8. The fourth-order valence-electron chi connectivity index (χ4n) is 2.98. The van der Waals surface area contributed by atoms with Crippen molar-refractivity contribution < 1.29 is 9.59 Å². The van der Waals surface area contributed by atoms with Crippen molar-refractivity contribution in [1.29, 1.82) is 0 Å². The highest BCUT2D eigenvalue weighted by Crippen LogP contribution is 2.19. The van der Waals surface area contributed by atoms with Gasteiger partial charge in [0.25, 0.3) is 0 Å². The average Bonchev–Trinajstić information content (AvgIpc) is 2.82. The van der Waals surface area contributed by atoms with E-state index in [0.29, 0.717) is 6.42 Å². The fraction of sp³-hybridized carbons (Fsp3) is 0.412. The molecule has 2 saturated heterocycles. The Balaban J connectivity index is 1.54. The lowest BCUT2D eigenvalue weighted by Crippen LogP contribution is -2.50. The molecule has 0 aliphatic carbocycles. The normalized spacial score (nSPS) is 23.8. The Morgan fingerprint density at radius 1 is 1.05 bits per heavy atom. The van der Waals surface area contributed by atoms with Crippen LogP contribution in [0.3, 0.4) is 0 Å². The summed E-state index contributed by atoms with van der Waals surface area (Å²) in [6, 6.07) is 9.95. The maximum Gasteiger partial charge on any atom is 0.246 e. The number of amides is 2. The Morgan fingerprint density at radius 2 is 1.73 bits per heavy atom. The lowest BCUT2D eigenvalue weighted by molar-refractivity contribution is -0.138. The van der Waals surface area contributed by atoms with E-state index in [4.69, 9.17) is 0 Å². The lowest BCUT2D eigenvalue weighted by Gasteiger charge is -2.36. The molecule has 3 rings (SSSR count). The van der Waals surface area contributed by atoms with Crippen LogP contribution in [-0.2, 0) is 9.59 Å². The minimum Gasteiger partial charge on any atom is -0.375 e. The van der Waals surface area contributed by atoms with Crippen molar-refractivity contribution in [2.75, 3.05) is 33.2 Å². The summed E-state index contributed by atoms with van der Waals surface area (Å²) in [6.45, 7) is 3.39. The summed E-state index contributed by atoms with van der Waals surface area (Å²) >= 11 is 0. The van der Waals surface area contributed by atoms with Gasteiger partial charge in [-0.25, -0.2) is 0 Å². The van der Waals surface area contributed by atoms with Crippen molar-refractivity contribution in [3.8, 4) is 0 Å². The molecule has 2 heterocycles. The molecule has 1 atom stereocenters. The van der Waals surface area contributed by atoms with Crippen LogP contribution in [0, 0.1) is 0 Å². The van der Waals surface area contributed by atoms with E-state index in [1.165, 1.54) is 10.5 Å². The molecule has 2 amide bonds. The smallest absolute Gasteiger partial charge is 0.246 e. The van der Waals surface area contributed by atoms with Crippen molar-refractivity contribution in [3.05, 3.63) is 42.1 Å². The lowest BCUT2D eigenvalue weighted by atomic mass is 10.1. The standard InChI is InChI=1S/C17H21N3O2/c1-18-16(21)13-15(17(18)22)20-11-9-19(10-12-20)8-7-14-5-3-2-4-6-14/h2-8,15H,9-13H2,1H3/b8-7+. The minimum atomic E-state index is -0.252. The first-order chi connectivity index (χ1) is 10.6. The highest BCUT2D eigenvalue weighted by molar-refractivity contribution is 6.05. The van der Waals surface area contributed by atoms with Gasteiger partial charge in [-0.3, -0.25) is 19.4 Å². The zero-order valence-electron chi connectivity index (χ0n) is 12.8. The van der Waals surface area contributed by atoms with Gasteiger partial charge in [-0.2, -0.15) is 0 Å². The van der Waals surface area contributed by atoms with Crippen LogP contribution in [-0.4, -0.2) is 65.8 Å². The molecule has 2 fully saturated rings. The summed E-state index contributed by atoms with van der Waals surface area (Å²) in [7, 11) is 1.57. The summed E-state index contributed by atoms with van der Waals surface area (Å²) in [5, 5.41) is 0. The van der Waals surface area contributed by atoms with E-state index < -0.39 is 0 Å². The SMILES string of the molecule is CN1C(=O)CC(N2CCN(/C=C/c3ccccc3)CC2)C1=O.